The first kappa shape index (κ1) is 15.8. The number of hydrogen-bond donors (Lipinski definition) is 0. The third-order valence-corrected chi connectivity index (χ3v) is 4.43. The number of aromatic nitrogens is 5. The predicted molar refractivity (Wildman–Crippen MR) is 93.0 cm³/mol. The number of nitrogens with zero attached hydrogens (tertiary/aromatic N) is 6. The Balaban J connectivity index is 1.45. The molecule has 0 aromatic carbocycles. The van der Waals surface area contributed by atoms with Crippen LogP contribution in [0.1, 0.15) is 24.2 Å². The van der Waals surface area contributed by atoms with E-state index in [1.54, 1.807) is 6.20 Å². The Kier molecular flexibility index (Phi) is 4.47. The predicted octanol–water partition coefficient (Wildman–Crippen LogP) is 2.13. The Morgan fingerprint density at radius 2 is 2.16 bits per heavy atom. The topological polar surface area (TPSA) is 61.0 Å². The summed E-state index contributed by atoms with van der Waals surface area (Å²) < 4.78 is 9.92. The van der Waals surface area contributed by atoms with Gasteiger partial charge in [0, 0.05) is 56.4 Å². The van der Waals surface area contributed by atoms with Gasteiger partial charge < -0.3 is 4.74 Å². The van der Waals surface area contributed by atoms with E-state index in [4.69, 9.17) is 4.74 Å². The summed E-state index contributed by atoms with van der Waals surface area (Å²) in [5.41, 5.74) is 2.45. The summed E-state index contributed by atoms with van der Waals surface area (Å²) in [7, 11) is 0. The average Bonchev–Trinajstić information content (AvgIpc) is 3.29. The van der Waals surface area contributed by atoms with Crippen LogP contribution in [-0.2, 0) is 19.6 Å². The molecule has 0 spiro atoms. The number of rotatable bonds is 6. The highest BCUT2D eigenvalue weighted by molar-refractivity contribution is 5.11. The highest BCUT2D eigenvalue weighted by Crippen LogP contribution is 2.22. The van der Waals surface area contributed by atoms with Gasteiger partial charge in [0.2, 0.25) is 5.88 Å². The summed E-state index contributed by atoms with van der Waals surface area (Å²) in [6.45, 7) is 6.20. The lowest BCUT2D eigenvalue weighted by molar-refractivity contribution is 0.125. The molecule has 4 heterocycles. The maximum atomic E-state index is 5.88. The molecule has 0 radical (unpaired) electrons. The van der Waals surface area contributed by atoms with E-state index in [-0.39, 0.29) is 6.04 Å². The molecule has 1 aliphatic rings. The van der Waals surface area contributed by atoms with Gasteiger partial charge in [-0.1, -0.05) is 6.07 Å². The van der Waals surface area contributed by atoms with Gasteiger partial charge >= 0.3 is 0 Å². The van der Waals surface area contributed by atoms with Gasteiger partial charge in [-0.25, -0.2) is 4.98 Å². The fourth-order valence-corrected chi connectivity index (χ4v) is 3.24. The van der Waals surface area contributed by atoms with Crippen LogP contribution in [0.2, 0.25) is 0 Å². The molecule has 7 heteroatoms. The first-order valence-electron chi connectivity index (χ1n) is 8.61. The van der Waals surface area contributed by atoms with Crippen molar-refractivity contribution in [3.05, 3.63) is 60.3 Å². The molecule has 3 aromatic rings. The lowest BCUT2D eigenvalue weighted by Gasteiger charge is -2.33. The van der Waals surface area contributed by atoms with Crippen LogP contribution in [0.5, 0.6) is 5.88 Å². The maximum Gasteiger partial charge on any atom is 0.213 e. The van der Waals surface area contributed by atoms with E-state index < -0.39 is 0 Å². The third-order valence-electron chi connectivity index (χ3n) is 4.43. The number of fused-ring (bicyclic) bond motifs is 1. The van der Waals surface area contributed by atoms with Crippen LogP contribution in [0.25, 0.3) is 0 Å². The molecule has 4 rings (SSSR count). The van der Waals surface area contributed by atoms with Gasteiger partial charge in [0.25, 0.3) is 0 Å². The second-order valence-corrected chi connectivity index (χ2v) is 6.27. The van der Waals surface area contributed by atoms with Crippen LogP contribution in [0.3, 0.4) is 0 Å². The van der Waals surface area contributed by atoms with Crippen molar-refractivity contribution in [2.45, 2.75) is 32.6 Å². The summed E-state index contributed by atoms with van der Waals surface area (Å²) in [5.74, 6) is 0.651. The molecule has 0 saturated carbocycles. The number of pyridine rings is 1. The minimum absolute atomic E-state index is 0.168. The van der Waals surface area contributed by atoms with Crippen molar-refractivity contribution in [1.82, 2.24) is 29.4 Å². The zero-order chi connectivity index (χ0) is 17.1. The van der Waals surface area contributed by atoms with Crippen molar-refractivity contribution in [3.8, 4) is 5.88 Å². The molecule has 0 aliphatic carbocycles. The van der Waals surface area contributed by atoms with E-state index >= 15 is 0 Å². The second kappa shape index (κ2) is 7.06. The van der Waals surface area contributed by atoms with Crippen LogP contribution in [0, 0.1) is 0 Å². The molecular weight excluding hydrogens is 316 g/mol. The number of ether oxygens (including phenoxy) is 1. The molecule has 1 unspecified atom stereocenters. The molecule has 0 saturated heterocycles. The van der Waals surface area contributed by atoms with Crippen molar-refractivity contribution < 1.29 is 4.74 Å². The average molecular weight is 338 g/mol. The van der Waals surface area contributed by atoms with Gasteiger partial charge in [-0.3, -0.25) is 14.3 Å². The first-order chi connectivity index (χ1) is 12.3. The van der Waals surface area contributed by atoms with Crippen molar-refractivity contribution >= 4 is 0 Å². The highest BCUT2D eigenvalue weighted by atomic mass is 16.5. The quantitative estimate of drug-likeness (QED) is 0.689. The number of aryl methyl sites for hydroxylation is 1. The second-order valence-electron chi connectivity index (χ2n) is 6.27. The molecular formula is C18H22N6O. The molecule has 0 fully saturated rings. The molecule has 0 amide bonds. The summed E-state index contributed by atoms with van der Waals surface area (Å²) >= 11 is 0. The molecule has 1 aliphatic heterocycles. The zero-order valence-electron chi connectivity index (χ0n) is 14.3. The van der Waals surface area contributed by atoms with Crippen molar-refractivity contribution in [1.29, 1.82) is 0 Å². The normalized spacial score (nSPS) is 17.4. The lowest BCUT2D eigenvalue weighted by atomic mass is 10.2. The molecule has 0 bridgehead atoms. The lowest BCUT2D eigenvalue weighted by Crippen LogP contribution is -2.39. The fraction of sp³-hybridized carbons (Fsp3) is 0.389. The Labute approximate surface area is 146 Å². The standard InChI is InChI=1S/C18H22N6O/c1-2-23-11-15(9-21-23)10-22-12-16-6-8-20-24(16)17(13-22)14-25-18-5-3-4-7-19-18/h3-9,11,17H,2,10,12-14H2,1H3. The summed E-state index contributed by atoms with van der Waals surface area (Å²) in [6, 6.07) is 7.94. The van der Waals surface area contributed by atoms with Gasteiger partial charge in [-0.2, -0.15) is 10.2 Å². The molecule has 0 N–H and O–H groups in total. The SMILES string of the molecule is CCn1cc(CN2Cc3ccnn3C(COc3ccccn3)C2)cn1. The third kappa shape index (κ3) is 3.56. The van der Waals surface area contributed by atoms with E-state index in [2.05, 4.69) is 44.0 Å². The minimum Gasteiger partial charge on any atom is -0.475 e. The highest BCUT2D eigenvalue weighted by Gasteiger charge is 2.26. The van der Waals surface area contributed by atoms with E-state index in [0.29, 0.717) is 12.5 Å². The van der Waals surface area contributed by atoms with Gasteiger partial charge in [-0.15, -0.1) is 0 Å². The largest absolute Gasteiger partial charge is 0.475 e. The van der Waals surface area contributed by atoms with E-state index in [9.17, 15) is 0 Å². The van der Waals surface area contributed by atoms with Crippen LogP contribution in [0.4, 0.5) is 0 Å². The van der Waals surface area contributed by atoms with Crippen LogP contribution in [0.15, 0.2) is 49.1 Å². The summed E-state index contributed by atoms with van der Waals surface area (Å²) in [5, 5.41) is 8.85. The van der Waals surface area contributed by atoms with E-state index in [0.717, 1.165) is 26.2 Å². The fourth-order valence-electron chi connectivity index (χ4n) is 3.24. The van der Waals surface area contributed by atoms with Gasteiger partial charge in [-0.05, 0) is 19.1 Å². The maximum absolute atomic E-state index is 5.88. The van der Waals surface area contributed by atoms with Crippen molar-refractivity contribution in [3.63, 3.8) is 0 Å². The molecule has 130 valence electrons. The molecule has 3 aromatic heterocycles. The van der Waals surface area contributed by atoms with Crippen LogP contribution in [-0.4, -0.2) is 42.6 Å². The minimum atomic E-state index is 0.168. The Morgan fingerprint density at radius 3 is 2.96 bits per heavy atom. The van der Waals surface area contributed by atoms with E-state index in [1.807, 2.05) is 35.3 Å². The van der Waals surface area contributed by atoms with Gasteiger partial charge in [0.15, 0.2) is 0 Å². The Morgan fingerprint density at radius 1 is 1.20 bits per heavy atom. The number of hydrogen-bond acceptors (Lipinski definition) is 5. The summed E-state index contributed by atoms with van der Waals surface area (Å²) in [6.07, 6.45) is 7.68. The molecule has 1 atom stereocenters. The summed E-state index contributed by atoms with van der Waals surface area (Å²) in [4.78, 5) is 6.65. The van der Waals surface area contributed by atoms with Crippen molar-refractivity contribution in [2.75, 3.05) is 13.2 Å². The molecule has 25 heavy (non-hydrogen) atoms. The van der Waals surface area contributed by atoms with Crippen LogP contribution < -0.4 is 4.74 Å². The van der Waals surface area contributed by atoms with Crippen molar-refractivity contribution in [2.24, 2.45) is 0 Å². The Bertz CT molecular complexity index is 812. The van der Waals surface area contributed by atoms with Gasteiger partial charge in [0.05, 0.1) is 17.9 Å². The monoisotopic (exact) mass is 338 g/mol. The molecule has 7 nitrogen and oxygen atoms in total. The first-order valence-corrected chi connectivity index (χ1v) is 8.61. The Hall–Kier alpha value is -2.67. The van der Waals surface area contributed by atoms with E-state index in [1.165, 1.54) is 11.3 Å². The van der Waals surface area contributed by atoms with Gasteiger partial charge in [0.1, 0.15) is 6.61 Å². The van der Waals surface area contributed by atoms with Crippen LogP contribution >= 0.6 is 0 Å². The zero-order valence-corrected chi connectivity index (χ0v) is 14.3. The smallest absolute Gasteiger partial charge is 0.213 e.